The van der Waals surface area contributed by atoms with Gasteiger partial charge in [0.05, 0.1) is 4.75 Å². The molecule has 1 aliphatic carbocycles. The third-order valence-electron chi connectivity index (χ3n) is 6.01. The zero-order valence-corrected chi connectivity index (χ0v) is 19.5. The first kappa shape index (κ1) is 23.0. The van der Waals surface area contributed by atoms with Crippen molar-refractivity contribution in [1.82, 2.24) is 10.2 Å². The third kappa shape index (κ3) is 5.97. The van der Waals surface area contributed by atoms with Crippen LogP contribution < -0.4 is 5.32 Å². The zero-order valence-electron chi connectivity index (χ0n) is 16.3. The maximum atomic E-state index is 11.9. The van der Waals surface area contributed by atoms with Crippen LogP contribution in [-0.2, 0) is 9.84 Å². The molecule has 5 nitrogen and oxygen atoms in total. The smallest absolute Gasteiger partial charge is 0.193 e. The van der Waals surface area contributed by atoms with Crippen LogP contribution in [0.25, 0.3) is 0 Å². The number of nitrogens with one attached hydrogen (secondary N) is 1. The van der Waals surface area contributed by atoms with Crippen LogP contribution in [0.5, 0.6) is 0 Å². The van der Waals surface area contributed by atoms with E-state index in [1.54, 1.807) is 20.9 Å². The Morgan fingerprint density at radius 3 is 2.20 bits per heavy atom. The van der Waals surface area contributed by atoms with Gasteiger partial charge in [-0.3, -0.25) is 4.99 Å². The fraction of sp³-hybridized carbons (Fsp3) is 0.944. The Morgan fingerprint density at radius 2 is 1.68 bits per heavy atom. The summed E-state index contributed by atoms with van der Waals surface area (Å²) in [5.41, 5.74) is 0.443. The molecule has 1 spiro atoms. The predicted molar refractivity (Wildman–Crippen MR) is 117 cm³/mol. The summed E-state index contributed by atoms with van der Waals surface area (Å²) in [6, 6.07) is 0. The Hall–Kier alpha value is -0.0500. The lowest BCUT2D eigenvalue weighted by Crippen LogP contribution is -2.53. The van der Waals surface area contributed by atoms with Crippen molar-refractivity contribution in [3.63, 3.8) is 0 Å². The highest BCUT2D eigenvalue weighted by Crippen LogP contribution is 2.42. The molecule has 0 aromatic rings. The first-order valence-corrected chi connectivity index (χ1v) is 11.2. The number of piperidine rings is 1. The second-order valence-electron chi connectivity index (χ2n) is 8.37. The van der Waals surface area contributed by atoms with E-state index in [1.807, 2.05) is 0 Å². The van der Waals surface area contributed by atoms with Gasteiger partial charge in [0.1, 0.15) is 0 Å². The summed E-state index contributed by atoms with van der Waals surface area (Å²) in [4.78, 5) is 6.79. The summed E-state index contributed by atoms with van der Waals surface area (Å²) in [7, 11) is -1.31. The Kier molecular flexibility index (Phi) is 8.50. The molecule has 0 amide bonds. The molecular weight excluding hydrogens is 449 g/mol. The number of likely N-dealkylation sites (tertiary alicyclic amines) is 1. The number of halogens is 1. The molecule has 1 N–H and O–H groups in total. The van der Waals surface area contributed by atoms with Crippen molar-refractivity contribution in [2.75, 3.05) is 32.9 Å². The number of nitrogens with zero attached hydrogens (tertiary/aromatic N) is 2. The SMILES string of the molecule is CN=C(NCC(C)(C)S(C)(=O)=O)N1CCCC2(CCCCCC2)C1.I. The maximum Gasteiger partial charge on any atom is 0.193 e. The molecular formula is C18H36IN3O2S. The Balaban J connectivity index is 0.00000312. The molecule has 2 fully saturated rings. The van der Waals surface area contributed by atoms with Crippen LogP contribution in [0.2, 0.25) is 0 Å². The van der Waals surface area contributed by atoms with E-state index in [4.69, 9.17) is 0 Å². The number of aliphatic imine (C=N–C) groups is 1. The van der Waals surface area contributed by atoms with Gasteiger partial charge in [0.15, 0.2) is 15.8 Å². The van der Waals surface area contributed by atoms with E-state index in [-0.39, 0.29) is 24.0 Å². The molecule has 1 aliphatic heterocycles. The molecule has 7 heteroatoms. The molecule has 148 valence electrons. The lowest BCUT2D eigenvalue weighted by Gasteiger charge is -2.44. The molecule has 1 saturated heterocycles. The second kappa shape index (κ2) is 9.24. The fourth-order valence-corrected chi connectivity index (χ4v) is 4.37. The summed E-state index contributed by atoms with van der Waals surface area (Å²) in [6.45, 7) is 6.01. The van der Waals surface area contributed by atoms with Crippen molar-refractivity contribution in [2.45, 2.75) is 70.0 Å². The lowest BCUT2D eigenvalue weighted by molar-refractivity contribution is 0.115. The normalized spacial score (nSPS) is 22.2. The summed E-state index contributed by atoms with van der Waals surface area (Å²) >= 11 is 0. The van der Waals surface area contributed by atoms with Crippen LogP contribution >= 0.6 is 24.0 Å². The van der Waals surface area contributed by atoms with Gasteiger partial charge < -0.3 is 10.2 Å². The molecule has 0 radical (unpaired) electrons. The van der Waals surface area contributed by atoms with Crippen molar-refractivity contribution in [3.8, 4) is 0 Å². The van der Waals surface area contributed by atoms with Gasteiger partial charge in [-0.25, -0.2) is 8.42 Å². The van der Waals surface area contributed by atoms with Crippen molar-refractivity contribution in [1.29, 1.82) is 0 Å². The van der Waals surface area contributed by atoms with Gasteiger partial charge >= 0.3 is 0 Å². The highest BCUT2D eigenvalue weighted by molar-refractivity contribution is 14.0. The molecule has 25 heavy (non-hydrogen) atoms. The van der Waals surface area contributed by atoms with E-state index >= 15 is 0 Å². The zero-order chi connectivity index (χ0) is 17.8. The summed E-state index contributed by atoms with van der Waals surface area (Å²) < 4.78 is 23.0. The van der Waals surface area contributed by atoms with Crippen molar-refractivity contribution in [3.05, 3.63) is 0 Å². The molecule has 0 aromatic carbocycles. The van der Waals surface area contributed by atoms with Gasteiger partial charge in [-0.05, 0) is 44.9 Å². The fourth-order valence-electron chi connectivity index (χ4n) is 4.03. The Bertz CT molecular complexity index is 553. The van der Waals surface area contributed by atoms with E-state index in [0.717, 1.165) is 19.0 Å². The summed E-state index contributed by atoms with van der Waals surface area (Å²) in [6.07, 6.45) is 11.9. The van der Waals surface area contributed by atoms with Crippen molar-refractivity contribution >= 4 is 39.8 Å². The Labute approximate surface area is 171 Å². The topological polar surface area (TPSA) is 61.8 Å². The molecule has 0 aromatic heterocycles. The van der Waals surface area contributed by atoms with Crippen LogP contribution in [0.15, 0.2) is 4.99 Å². The van der Waals surface area contributed by atoms with E-state index in [9.17, 15) is 8.42 Å². The number of hydrogen-bond acceptors (Lipinski definition) is 3. The minimum atomic E-state index is -3.10. The highest BCUT2D eigenvalue weighted by atomic mass is 127. The van der Waals surface area contributed by atoms with E-state index in [1.165, 1.54) is 57.6 Å². The Morgan fingerprint density at radius 1 is 1.12 bits per heavy atom. The van der Waals surface area contributed by atoms with E-state index in [0.29, 0.717) is 12.0 Å². The molecule has 2 rings (SSSR count). The minimum Gasteiger partial charge on any atom is -0.355 e. The average molecular weight is 485 g/mol. The number of sulfone groups is 1. The first-order valence-electron chi connectivity index (χ1n) is 9.34. The number of hydrogen-bond donors (Lipinski definition) is 1. The molecule has 0 atom stereocenters. The third-order valence-corrected chi connectivity index (χ3v) is 8.16. The van der Waals surface area contributed by atoms with Crippen LogP contribution in [0.3, 0.4) is 0 Å². The second-order valence-corrected chi connectivity index (χ2v) is 11.0. The largest absolute Gasteiger partial charge is 0.355 e. The van der Waals surface area contributed by atoms with Crippen LogP contribution in [0.4, 0.5) is 0 Å². The van der Waals surface area contributed by atoms with Gasteiger partial charge in [0.25, 0.3) is 0 Å². The summed E-state index contributed by atoms with van der Waals surface area (Å²) in [5.74, 6) is 0.857. The van der Waals surface area contributed by atoms with Crippen LogP contribution in [-0.4, -0.2) is 57.0 Å². The van der Waals surface area contributed by atoms with Crippen LogP contribution in [0, 0.1) is 5.41 Å². The monoisotopic (exact) mass is 485 g/mol. The summed E-state index contributed by atoms with van der Waals surface area (Å²) in [5, 5.41) is 3.32. The van der Waals surface area contributed by atoms with E-state index < -0.39 is 14.6 Å². The minimum absolute atomic E-state index is 0. The number of rotatable bonds is 3. The quantitative estimate of drug-likeness (QED) is 0.378. The highest BCUT2D eigenvalue weighted by Gasteiger charge is 2.37. The van der Waals surface area contributed by atoms with Gasteiger partial charge in [-0.15, -0.1) is 24.0 Å². The lowest BCUT2D eigenvalue weighted by atomic mass is 9.74. The molecule has 1 saturated carbocycles. The molecule has 2 aliphatic rings. The standard InChI is InChI=1S/C18H35N3O2S.HI/c1-17(2,24(4,22)23)14-20-16(19-3)21-13-9-12-18(15-21)10-7-5-6-8-11-18;/h5-15H2,1-4H3,(H,19,20);1H. The van der Waals surface area contributed by atoms with Gasteiger partial charge in [-0.1, -0.05) is 25.7 Å². The van der Waals surface area contributed by atoms with Crippen molar-refractivity contribution < 1.29 is 8.42 Å². The van der Waals surface area contributed by atoms with Gasteiger partial charge in [-0.2, -0.15) is 0 Å². The predicted octanol–water partition coefficient (Wildman–Crippen LogP) is 3.44. The van der Waals surface area contributed by atoms with Gasteiger partial charge in [0.2, 0.25) is 0 Å². The number of guanidine groups is 1. The maximum absolute atomic E-state index is 11.9. The van der Waals surface area contributed by atoms with E-state index in [2.05, 4.69) is 15.2 Å². The molecule has 0 bridgehead atoms. The average Bonchev–Trinajstić information content (AvgIpc) is 2.72. The molecule has 1 heterocycles. The van der Waals surface area contributed by atoms with Crippen molar-refractivity contribution in [2.24, 2.45) is 10.4 Å². The van der Waals surface area contributed by atoms with Crippen LogP contribution in [0.1, 0.15) is 65.2 Å². The molecule has 0 unspecified atom stereocenters. The first-order chi connectivity index (χ1) is 11.2. The van der Waals surface area contributed by atoms with Gasteiger partial charge in [0, 0.05) is 32.9 Å².